The summed E-state index contributed by atoms with van der Waals surface area (Å²) in [6.45, 7) is 5.12. The van der Waals surface area contributed by atoms with Crippen molar-refractivity contribution in [2.75, 3.05) is 19.8 Å². The average molecular weight is 396 g/mol. The SMILES string of the molecule is CCCC(=O)C(C)CCOc1ccc(S(=O)C2(C(N)=O)CCOCC2)cc1. The van der Waals surface area contributed by atoms with Crippen LogP contribution in [0.15, 0.2) is 29.2 Å². The summed E-state index contributed by atoms with van der Waals surface area (Å²) in [5.41, 5.74) is 5.57. The van der Waals surface area contributed by atoms with E-state index in [-0.39, 0.29) is 11.7 Å². The highest BCUT2D eigenvalue weighted by Crippen LogP contribution is 2.32. The minimum atomic E-state index is -1.54. The first-order valence-electron chi connectivity index (χ1n) is 9.46. The van der Waals surface area contributed by atoms with Crippen LogP contribution in [0.25, 0.3) is 0 Å². The van der Waals surface area contributed by atoms with Crippen LogP contribution in [0.1, 0.15) is 46.0 Å². The van der Waals surface area contributed by atoms with Gasteiger partial charge in [0.15, 0.2) is 0 Å². The Morgan fingerprint density at radius 1 is 1.26 bits per heavy atom. The lowest BCUT2D eigenvalue weighted by Gasteiger charge is -2.33. The lowest BCUT2D eigenvalue weighted by Crippen LogP contribution is -2.51. The molecule has 1 aromatic carbocycles. The van der Waals surface area contributed by atoms with E-state index >= 15 is 0 Å². The zero-order valence-corrected chi connectivity index (χ0v) is 16.9. The van der Waals surface area contributed by atoms with E-state index in [0.717, 1.165) is 6.42 Å². The summed E-state index contributed by atoms with van der Waals surface area (Å²) in [7, 11) is -1.54. The number of carbonyl (C=O) groups is 2. The maximum Gasteiger partial charge on any atom is 0.236 e. The van der Waals surface area contributed by atoms with E-state index in [9.17, 15) is 13.8 Å². The van der Waals surface area contributed by atoms with Gasteiger partial charge in [-0.2, -0.15) is 0 Å². The van der Waals surface area contributed by atoms with E-state index in [0.29, 0.717) is 56.1 Å². The fourth-order valence-electron chi connectivity index (χ4n) is 3.12. The van der Waals surface area contributed by atoms with E-state index in [4.69, 9.17) is 15.2 Å². The second-order valence-electron chi connectivity index (χ2n) is 6.97. The van der Waals surface area contributed by atoms with Crippen LogP contribution in [0.4, 0.5) is 0 Å². The van der Waals surface area contributed by atoms with Gasteiger partial charge in [-0.15, -0.1) is 0 Å². The molecule has 0 radical (unpaired) electrons. The molecule has 0 spiro atoms. The van der Waals surface area contributed by atoms with Crippen LogP contribution in [0.3, 0.4) is 0 Å². The van der Waals surface area contributed by atoms with Crippen molar-refractivity contribution in [3.63, 3.8) is 0 Å². The van der Waals surface area contributed by atoms with Crippen LogP contribution in [-0.4, -0.2) is 40.5 Å². The normalized spacial score (nSPS) is 18.4. The number of hydrogen-bond acceptors (Lipinski definition) is 5. The van der Waals surface area contributed by atoms with Gasteiger partial charge in [-0.05, 0) is 49.9 Å². The molecule has 2 atom stereocenters. The lowest BCUT2D eigenvalue weighted by atomic mass is 9.98. The van der Waals surface area contributed by atoms with Crippen LogP contribution in [0.5, 0.6) is 5.75 Å². The largest absolute Gasteiger partial charge is 0.494 e. The second kappa shape index (κ2) is 9.99. The highest BCUT2D eigenvalue weighted by Gasteiger charge is 2.45. The standard InChI is InChI=1S/C20H29NO5S/c1-3-4-18(22)15(2)9-12-26-16-5-7-17(8-6-16)27(24)20(19(21)23)10-13-25-14-11-20/h5-8,15H,3-4,9-14H2,1-2H3,(H2,21,23). The summed E-state index contributed by atoms with van der Waals surface area (Å²) in [4.78, 5) is 24.3. The van der Waals surface area contributed by atoms with Crippen molar-refractivity contribution in [1.29, 1.82) is 0 Å². The molecule has 1 heterocycles. The first kappa shape index (κ1) is 21.6. The molecule has 1 aromatic rings. The maximum absolute atomic E-state index is 13.0. The molecule has 1 saturated heterocycles. The van der Waals surface area contributed by atoms with Gasteiger partial charge in [0.05, 0.1) is 17.4 Å². The molecule has 150 valence electrons. The molecular weight excluding hydrogens is 366 g/mol. The van der Waals surface area contributed by atoms with Crippen LogP contribution in [-0.2, 0) is 25.1 Å². The van der Waals surface area contributed by atoms with Crippen molar-refractivity contribution in [3.8, 4) is 5.75 Å². The Morgan fingerprint density at radius 2 is 1.89 bits per heavy atom. The maximum atomic E-state index is 13.0. The van der Waals surface area contributed by atoms with E-state index in [2.05, 4.69) is 0 Å². The highest BCUT2D eigenvalue weighted by atomic mass is 32.2. The molecule has 2 N–H and O–H groups in total. The number of amides is 1. The lowest BCUT2D eigenvalue weighted by molar-refractivity contribution is -0.123. The summed E-state index contributed by atoms with van der Waals surface area (Å²) < 4.78 is 22.9. The fourth-order valence-corrected chi connectivity index (χ4v) is 4.67. The molecule has 1 fully saturated rings. The van der Waals surface area contributed by atoms with E-state index < -0.39 is 21.5 Å². The molecule has 2 rings (SSSR count). The van der Waals surface area contributed by atoms with Crippen molar-refractivity contribution in [2.24, 2.45) is 11.7 Å². The minimum absolute atomic E-state index is 0.0133. The summed E-state index contributed by atoms with van der Waals surface area (Å²) >= 11 is 0. The molecule has 1 aliphatic heterocycles. The number of rotatable bonds is 10. The van der Waals surface area contributed by atoms with Crippen molar-refractivity contribution < 1.29 is 23.3 Å². The van der Waals surface area contributed by atoms with Gasteiger partial charge in [0, 0.05) is 30.4 Å². The van der Waals surface area contributed by atoms with Gasteiger partial charge in [-0.25, -0.2) is 0 Å². The Labute approximate surface area is 163 Å². The van der Waals surface area contributed by atoms with Gasteiger partial charge >= 0.3 is 0 Å². The number of carbonyl (C=O) groups excluding carboxylic acids is 2. The van der Waals surface area contributed by atoms with Crippen LogP contribution in [0, 0.1) is 5.92 Å². The summed E-state index contributed by atoms with van der Waals surface area (Å²) in [6, 6.07) is 6.88. The van der Waals surface area contributed by atoms with Crippen molar-refractivity contribution in [2.45, 2.75) is 55.6 Å². The molecule has 1 aliphatic rings. The predicted molar refractivity (Wildman–Crippen MR) is 104 cm³/mol. The summed E-state index contributed by atoms with van der Waals surface area (Å²) in [5, 5.41) is 0. The first-order valence-corrected chi connectivity index (χ1v) is 10.6. The molecule has 7 heteroatoms. The van der Waals surface area contributed by atoms with E-state index in [1.54, 1.807) is 24.3 Å². The molecule has 0 aromatic heterocycles. The minimum Gasteiger partial charge on any atom is -0.494 e. The Balaban J connectivity index is 1.95. The number of primary amides is 1. The molecule has 0 aliphatic carbocycles. The fraction of sp³-hybridized carbons (Fsp3) is 0.600. The van der Waals surface area contributed by atoms with Crippen LogP contribution >= 0.6 is 0 Å². The molecule has 6 nitrogen and oxygen atoms in total. The quantitative estimate of drug-likeness (QED) is 0.657. The zero-order chi connectivity index (χ0) is 19.9. The Kier molecular flexibility index (Phi) is 7.98. The van der Waals surface area contributed by atoms with Crippen LogP contribution < -0.4 is 10.5 Å². The highest BCUT2D eigenvalue weighted by molar-refractivity contribution is 7.87. The molecule has 27 heavy (non-hydrogen) atoms. The number of hydrogen-bond donors (Lipinski definition) is 1. The van der Waals surface area contributed by atoms with Gasteiger partial charge < -0.3 is 15.2 Å². The molecule has 0 saturated carbocycles. The third kappa shape index (κ3) is 5.39. The first-order chi connectivity index (χ1) is 12.9. The monoisotopic (exact) mass is 395 g/mol. The summed E-state index contributed by atoms with van der Waals surface area (Å²) in [5.74, 6) is 0.349. The van der Waals surface area contributed by atoms with E-state index in [1.807, 2.05) is 13.8 Å². The Hall–Kier alpha value is -1.73. The van der Waals surface area contributed by atoms with Crippen LogP contribution in [0.2, 0.25) is 0 Å². The number of Topliss-reactive ketones (excluding diaryl/α,β-unsaturated/α-hetero) is 1. The summed E-state index contributed by atoms with van der Waals surface area (Å²) in [6.07, 6.45) is 2.85. The van der Waals surface area contributed by atoms with Crippen molar-refractivity contribution in [3.05, 3.63) is 24.3 Å². The zero-order valence-electron chi connectivity index (χ0n) is 16.1. The third-order valence-corrected chi connectivity index (χ3v) is 7.03. The molecular formula is C20H29NO5S. The smallest absolute Gasteiger partial charge is 0.236 e. The predicted octanol–water partition coefficient (Wildman–Crippen LogP) is 2.60. The average Bonchev–Trinajstić information content (AvgIpc) is 2.68. The third-order valence-electron chi connectivity index (χ3n) is 5.01. The van der Waals surface area contributed by atoms with Gasteiger partial charge in [0.1, 0.15) is 16.3 Å². The van der Waals surface area contributed by atoms with Gasteiger partial charge in [0.25, 0.3) is 0 Å². The second-order valence-corrected chi connectivity index (χ2v) is 8.76. The molecule has 2 unspecified atom stereocenters. The topological polar surface area (TPSA) is 95.7 Å². The number of ether oxygens (including phenoxy) is 2. The van der Waals surface area contributed by atoms with E-state index in [1.165, 1.54) is 0 Å². The van der Waals surface area contributed by atoms with Crippen molar-refractivity contribution in [1.82, 2.24) is 0 Å². The Morgan fingerprint density at radius 3 is 2.44 bits per heavy atom. The van der Waals surface area contributed by atoms with Gasteiger partial charge in [-0.1, -0.05) is 13.8 Å². The number of nitrogens with two attached hydrogens (primary N) is 1. The molecule has 1 amide bonds. The molecule has 0 bridgehead atoms. The van der Waals surface area contributed by atoms with Gasteiger partial charge in [-0.3, -0.25) is 13.8 Å². The number of ketones is 1. The van der Waals surface area contributed by atoms with Crippen molar-refractivity contribution >= 4 is 22.5 Å². The van der Waals surface area contributed by atoms with Gasteiger partial charge in [0.2, 0.25) is 5.91 Å². The number of benzene rings is 1. The Bertz CT molecular complexity index is 667.